The Morgan fingerprint density at radius 2 is 2.06 bits per heavy atom. The molecule has 1 aromatic heterocycles. The van der Waals surface area contributed by atoms with Gasteiger partial charge in [0.05, 0.1) is 21.0 Å². The second-order valence-electron chi connectivity index (χ2n) is 9.19. The summed E-state index contributed by atoms with van der Waals surface area (Å²) in [5.74, 6) is -0.730. The molecule has 8 nitrogen and oxygen atoms in total. The second-order valence-corrected chi connectivity index (χ2v) is 13.0. The van der Waals surface area contributed by atoms with Gasteiger partial charge in [0.25, 0.3) is 0 Å². The van der Waals surface area contributed by atoms with Crippen molar-refractivity contribution in [2.45, 2.75) is 44.4 Å². The fraction of sp³-hybridized carbons (Fsp3) is 0.400. The van der Waals surface area contributed by atoms with E-state index in [0.29, 0.717) is 54.1 Å². The first-order chi connectivity index (χ1) is 17.2. The molecule has 36 heavy (non-hydrogen) atoms. The molecule has 3 aromatic rings. The molecular formula is C25H27BrN4O4S2. The average molecular weight is 592 g/mol. The first-order valence-electron chi connectivity index (χ1n) is 12.0. The van der Waals surface area contributed by atoms with Crippen LogP contribution in [0.5, 0.6) is 0 Å². The van der Waals surface area contributed by atoms with Gasteiger partial charge in [0.1, 0.15) is 0 Å². The number of piperidine rings is 1. The van der Waals surface area contributed by atoms with E-state index in [2.05, 4.69) is 26.2 Å². The van der Waals surface area contributed by atoms with Gasteiger partial charge in [0.2, 0.25) is 21.8 Å². The van der Waals surface area contributed by atoms with Gasteiger partial charge in [0.15, 0.2) is 5.13 Å². The number of amides is 2. The molecule has 2 amide bonds. The van der Waals surface area contributed by atoms with Crippen LogP contribution in [0.15, 0.2) is 39.7 Å². The summed E-state index contributed by atoms with van der Waals surface area (Å²) >= 11 is 4.85. The van der Waals surface area contributed by atoms with E-state index in [4.69, 9.17) is 0 Å². The Bertz CT molecular complexity index is 1470. The summed E-state index contributed by atoms with van der Waals surface area (Å²) in [6.07, 6.45) is 2.23. The Balaban J connectivity index is 1.36. The Morgan fingerprint density at radius 1 is 1.25 bits per heavy atom. The molecule has 190 valence electrons. The predicted octanol–water partition coefficient (Wildman–Crippen LogP) is 4.71. The molecule has 0 bridgehead atoms. The molecule has 1 atom stereocenters. The van der Waals surface area contributed by atoms with Crippen LogP contribution in [0.1, 0.15) is 37.3 Å². The normalized spacial score (nSPS) is 18.4. The molecule has 2 aliphatic heterocycles. The fourth-order valence-corrected chi connectivity index (χ4v) is 8.44. The number of carbonyl (C=O) groups excluding carboxylic acids is 2. The molecule has 5 rings (SSSR count). The minimum absolute atomic E-state index is 0.0285. The van der Waals surface area contributed by atoms with Crippen LogP contribution in [0.25, 0.3) is 10.2 Å². The summed E-state index contributed by atoms with van der Waals surface area (Å²) in [4.78, 5) is 31.8. The summed E-state index contributed by atoms with van der Waals surface area (Å²) in [5, 5.41) is 3.42. The van der Waals surface area contributed by atoms with Crippen LogP contribution in [0.4, 0.5) is 10.8 Å². The largest absolute Gasteiger partial charge is 0.312 e. The van der Waals surface area contributed by atoms with E-state index >= 15 is 0 Å². The number of carbonyl (C=O) groups is 2. The Morgan fingerprint density at radius 3 is 2.81 bits per heavy atom. The number of hydrogen-bond donors (Lipinski definition) is 1. The van der Waals surface area contributed by atoms with Gasteiger partial charge in [-0.3, -0.25) is 9.59 Å². The molecule has 0 radical (unpaired) electrons. The Kier molecular flexibility index (Phi) is 6.92. The quantitative estimate of drug-likeness (QED) is 0.464. The maximum absolute atomic E-state index is 13.7. The van der Waals surface area contributed by atoms with Crippen LogP contribution in [0, 0.1) is 12.8 Å². The van der Waals surface area contributed by atoms with Crippen molar-refractivity contribution in [3.63, 3.8) is 0 Å². The molecule has 11 heteroatoms. The van der Waals surface area contributed by atoms with Crippen molar-refractivity contribution in [1.29, 1.82) is 0 Å². The highest BCUT2D eigenvalue weighted by Gasteiger charge is 2.36. The third kappa shape index (κ3) is 4.57. The van der Waals surface area contributed by atoms with Crippen LogP contribution >= 0.6 is 27.3 Å². The van der Waals surface area contributed by atoms with E-state index in [-0.39, 0.29) is 23.3 Å². The molecule has 2 aliphatic rings. The van der Waals surface area contributed by atoms with Crippen molar-refractivity contribution in [2.75, 3.05) is 29.9 Å². The van der Waals surface area contributed by atoms with E-state index < -0.39 is 15.9 Å². The first-order valence-corrected chi connectivity index (χ1v) is 15.0. The lowest BCUT2D eigenvalue weighted by molar-refractivity contribution is -0.121. The monoisotopic (exact) mass is 590 g/mol. The lowest BCUT2D eigenvalue weighted by Gasteiger charge is -2.31. The SMILES string of the molecule is CCC(=O)N1CCc2cc(Br)c(S(=O)(=O)N3CCCC(C(=O)Nc4nc5c(C)cccc5s4)C3)cc21. The number of hydrogen-bond acceptors (Lipinski definition) is 6. The highest BCUT2D eigenvalue weighted by Crippen LogP contribution is 2.38. The maximum atomic E-state index is 13.7. The zero-order chi connectivity index (χ0) is 25.6. The van der Waals surface area contributed by atoms with Crippen molar-refractivity contribution >= 4 is 70.1 Å². The molecule has 0 spiro atoms. The lowest BCUT2D eigenvalue weighted by atomic mass is 9.99. The maximum Gasteiger partial charge on any atom is 0.244 e. The highest BCUT2D eigenvalue weighted by atomic mass is 79.9. The number of anilines is 2. The minimum atomic E-state index is -3.88. The second kappa shape index (κ2) is 9.85. The molecule has 0 aliphatic carbocycles. The average Bonchev–Trinajstić information content (AvgIpc) is 3.47. The number of sulfonamides is 1. The van der Waals surface area contributed by atoms with Crippen molar-refractivity contribution in [3.8, 4) is 0 Å². The number of rotatable bonds is 5. The number of halogens is 1. The van der Waals surface area contributed by atoms with Gasteiger partial charge in [-0.05, 0) is 71.4 Å². The van der Waals surface area contributed by atoms with Crippen LogP contribution in [-0.2, 0) is 26.0 Å². The number of fused-ring (bicyclic) bond motifs is 2. The standard InChI is InChI=1S/C25H27BrN4O4S2/c1-3-22(31)30-11-9-16-12-18(26)21(13-19(16)30)36(33,34)29-10-5-7-17(14-29)24(32)28-25-27-23-15(2)6-4-8-20(23)35-25/h4,6,8,12-13,17H,3,5,7,9-11,14H2,1-2H3,(H,27,28,32). The number of thiazole rings is 1. The number of para-hydroxylation sites is 1. The van der Waals surface area contributed by atoms with Gasteiger partial charge in [-0.2, -0.15) is 4.31 Å². The smallest absolute Gasteiger partial charge is 0.244 e. The molecule has 3 heterocycles. The summed E-state index contributed by atoms with van der Waals surface area (Å²) in [5.41, 5.74) is 3.51. The van der Waals surface area contributed by atoms with Gasteiger partial charge >= 0.3 is 0 Å². The van der Waals surface area contributed by atoms with E-state index in [9.17, 15) is 18.0 Å². The summed E-state index contributed by atoms with van der Waals surface area (Å²) in [7, 11) is -3.88. The van der Waals surface area contributed by atoms with Gasteiger partial charge in [-0.15, -0.1) is 0 Å². The van der Waals surface area contributed by atoms with E-state index in [1.807, 2.05) is 25.1 Å². The number of aryl methyl sites for hydroxylation is 1. The summed E-state index contributed by atoms with van der Waals surface area (Å²) < 4.78 is 30.2. The molecular weight excluding hydrogens is 564 g/mol. The van der Waals surface area contributed by atoms with Crippen molar-refractivity contribution in [1.82, 2.24) is 9.29 Å². The predicted molar refractivity (Wildman–Crippen MR) is 145 cm³/mol. The number of nitrogens with one attached hydrogen (secondary N) is 1. The van der Waals surface area contributed by atoms with Gasteiger partial charge < -0.3 is 10.2 Å². The molecule has 1 saturated heterocycles. The molecule has 1 fully saturated rings. The molecule has 1 unspecified atom stereocenters. The minimum Gasteiger partial charge on any atom is -0.312 e. The lowest BCUT2D eigenvalue weighted by Crippen LogP contribution is -2.43. The van der Waals surface area contributed by atoms with Gasteiger partial charge in [-0.25, -0.2) is 13.4 Å². The summed E-state index contributed by atoms with van der Waals surface area (Å²) in [6, 6.07) is 9.30. The van der Waals surface area contributed by atoms with Crippen LogP contribution in [0.3, 0.4) is 0 Å². The van der Waals surface area contributed by atoms with Crippen molar-refractivity contribution in [2.24, 2.45) is 5.92 Å². The van der Waals surface area contributed by atoms with Crippen molar-refractivity contribution < 1.29 is 18.0 Å². The Labute approximate surface area is 222 Å². The number of benzene rings is 2. The van der Waals surface area contributed by atoms with Gasteiger partial charge in [0, 0.05) is 36.2 Å². The number of nitrogens with zero attached hydrogens (tertiary/aromatic N) is 3. The van der Waals surface area contributed by atoms with Crippen LogP contribution < -0.4 is 10.2 Å². The molecule has 2 aromatic carbocycles. The van der Waals surface area contributed by atoms with Crippen molar-refractivity contribution in [3.05, 3.63) is 45.9 Å². The number of aromatic nitrogens is 1. The molecule has 1 N–H and O–H groups in total. The van der Waals surface area contributed by atoms with E-state index in [0.717, 1.165) is 21.3 Å². The first kappa shape index (κ1) is 25.3. The highest BCUT2D eigenvalue weighted by molar-refractivity contribution is 9.10. The van der Waals surface area contributed by atoms with Gasteiger partial charge in [-0.1, -0.05) is 30.4 Å². The summed E-state index contributed by atoms with van der Waals surface area (Å²) in [6.45, 7) is 4.76. The Hall–Kier alpha value is -2.34. The van der Waals surface area contributed by atoms with Crippen LogP contribution in [0.2, 0.25) is 0 Å². The third-order valence-electron chi connectivity index (χ3n) is 6.86. The van der Waals surface area contributed by atoms with E-state index in [1.165, 1.54) is 15.6 Å². The van der Waals surface area contributed by atoms with E-state index in [1.54, 1.807) is 24.0 Å². The zero-order valence-corrected chi connectivity index (χ0v) is 23.3. The molecule has 0 saturated carbocycles. The topological polar surface area (TPSA) is 99.7 Å². The fourth-order valence-electron chi connectivity index (χ4n) is 4.90. The third-order valence-corrected chi connectivity index (χ3v) is 10.6. The van der Waals surface area contributed by atoms with Crippen LogP contribution in [-0.4, -0.2) is 49.2 Å². The zero-order valence-electron chi connectivity index (χ0n) is 20.1.